The van der Waals surface area contributed by atoms with Crippen LogP contribution in [0.1, 0.15) is 105 Å². The quantitative estimate of drug-likeness (QED) is 0.437. The molecule has 6 fully saturated rings. The van der Waals surface area contributed by atoms with E-state index in [1.54, 1.807) is 0 Å². The zero-order valence-corrected chi connectivity index (χ0v) is 19.6. The fraction of sp³-hybridized carbons (Fsp3) is 1.00. The van der Waals surface area contributed by atoms with E-state index in [1.165, 1.54) is 57.8 Å². The maximum absolute atomic E-state index is 6.93. The van der Waals surface area contributed by atoms with Gasteiger partial charge in [-0.15, -0.1) is 0 Å². The molecule has 29 heavy (non-hydrogen) atoms. The molecule has 6 rings (SSSR count). The summed E-state index contributed by atoms with van der Waals surface area (Å²) < 4.78 is 13.6. The highest BCUT2D eigenvalue weighted by Gasteiger charge is 2.70. The lowest BCUT2D eigenvalue weighted by Crippen LogP contribution is -2.53. The van der Waals surface area contributed by atoms with Gasteiger partial charge in [0.15, 0.2) is 5.79 Å². The lowest BCUT2D eigenvalue weighted by atomic mass is 9.44. The van der Waals surface area contributed by atoms with Crippen LogP contribution in [-0.2, 0) is 9.47 Å². The second kappa shape index (κ2) is 6.03. The minimum atomic E-state index is -0.281. The van der Waals surface area contributed by atoms with Gasteiger partial charge in [-0.1, -0.05) is 33.6 Å². The van der Waals surface area contributed by atoms with Gasteiger partial charge in [0, 0.05) is 12.3 Å². The molecule has 2 unspecified atom stereocenters. The number of fused-ring (bicyclic) bond motifs is 7. The van der Waals surface area contributed by atoms with Crippen LogP contribution in [0.2, 0.25) is 0 Å². The number of hydrogen-bond acceptors (Lipinski definition) is 2. The Hall–Kier alpha value is -0.0800. The van der Waals surface area contributed by atoms with Crippen LogP contribution >= 0.6 is 0 Å². The predicted molar refractivity (Wildman–Crippen MR) is 116 cm³/mol. The average Bonchev–Trinajstić information content (AvgIpc) is 3.23. The molecule has 0 aromatic carbocycles. The molecule has 2 heteroatoms. The Morgan fingerprint density at radius 2 is 1.59 bits per heavy atom. The van der Waals surface area contributed by atoms with Gasteiger partial charge >= 0.3 is 0 Å². The van der Waals surface area contributed by atoms with Crippen LogP contribution in [0, 0.1) is 46.3 Å². The van der Waals surface area contributed by atoms with Crippen molar-refractivity contribution in [2.75, 3.05) is 0 Å². The standard InChI is InChI=1S/C27H44O2/c1-17-23-22(28-27(17)15-14-24(2,3)29-27)16-21-19-10-9-18-8-6-7-12-25(18,4)20(19)11-13-26(21,23)5/h17-23H,6-16H2,1-5H3/t17-,18?,19+,20-,21-,22-,23-,25-,26-,27?/m0/s1. The third kappa shape index (κ3) is 2.48. The monoisotopic (exact) mass is 400 g/mol. The third-order valence-electron chi connectivity index (χ3n) is 11.8. The van der Waals surface area contributed by atoms with Crippen molar-refractivity contribution >= 4 is 0 Å². The van der Waals surface area contributed by atoms with E-state index in [1.807, 2.05) is 0 Å². The van der Waals surface area contributed by atoms with Gasteiger partial charge in [-0.3, -0.25) is 0 Å². The van der Waals surface area contributed by atoms with Crippen molar-refractivity contribution in [3.8, 4) is 0 Å². The Kier molecular flexibility index (Phi) is 4.08. The highest BCUT2D eigenvalue weighted by molar-refractivity contribution is 5.15. The molecule has 2 aliphatic heterocycles. The van der Waals surface area contributed by atoms with E-state index in [4.69, 9.17) is 9.47 Å². The maximum atomic E-state index is 6.93. The van der Waals surface area contributed by atoms with Gasteiger partial charge in [0.05, 0.1) is 11.7 Å². The molecule has 0 amide bonds. The van der Waals surface area contributed by atoms with Crippen LogP contribution in [0.5, 0.6) is 0 Å². The first-order valence-corrected chi connectivity index (χ1v) is 13.1. The summed E-state index contributed by atoms with van der Waals surface area (Å²) in [5, 5.41) is 0. The van der Waals surface area contributed by atoms with Gasteiger partial charge in [0.1, 0.15) is 0 Å². The van der Waals surface area contributed by atoms with Crippen LogP contribution in [0.4, 0.5) is 0 Å². The summed E-state index contributed by atoms with van der Waals surface area (Å²) >= 11 is 0. The topological polar surface area (TPSA) is 18.5 Å². The molecule has 0 bridgehead atoms. The lowest BCUT2D eigenvalue weighted by Gasteiger charge is -2.60. The molecule has 6 aliphatic rings. The SMILES string of the molecule is C[C@H]1[C@H]2[C@H](C[C@H]3[C@@H]4CCC5CCCC[C@]5(C)[C@H]4CC[C@]23C)OC12CCC(C)(C)O2. The molecule has 4 aliphatic carbocycles. The second-order valence-corrected chi connectivity index (χ2v) is 13.3. The Morgan fingerprint density at radius 1 is 0.759 bits per heavy atom. The molecular weight excluding hydrogens is 356 g/mol. The normalized spacial score (nSPS) is 60.5. The summed E-state index contributed by atoms with van der Waals surface area (Å²) in [5.74, 6) is 4.84. The summed E-state index contributed by atoms with van der Waals surface area (Å²) in [6.07, 6.45) is 16.0. The van der Waals surface area contributed by atoms with Crippen molar-refractivity contribution in [1.82, 2.24) is 0 Å². The van der Waals surface area contributed by atoms with Crippen LogP contribution < -0.4 is 0 Å². The Morgan fingerprint density at radius 3 is 2.34 bits per heavy atom. The highest BCUT2D eigenvalue weighted by atomic mass is 16.7. The number of hydrogen-bond donors (Lipinski definition) is 0. The minimum absolute atomic E-state index is 0.0151. The van der Waals surface area contributed by atoms with E-state index in [-0.39, 0.29) is 11.4 Å². The molecule has 0 aromatic rings. The van der Waals surface area contributed by atoms with E-state index in [2.05, 4.69) is 34.6 Å². The Labute approximate surface area is 178 Å². The molecular formula is C27H44O2. The van der Waals surface area contributed by atoms with Crippen molar-refractivity contribution in [1.29, 1.82) is 0 Å². The van der Waals surface area contributed by atoms with Crippen LogP contribution in [-0.4, -0.2) is 17.5 Å². The molecule has 2 saturated heterocycles. The first kappa shape index (κ1) is 19.6. The average molecular weight is 401 g/mol. The fourth-order valence-electron chi connectivity index (χ4n) is 10.4. The van der Waals surface area contributed by atoms with E-state index < -0.39 is 0 Å². The van der Waals surface area contributed by atoms with E-state index in [0.717, 1.165) is 36.5 Å². The van der Waals surface area contributed by atoms with E-state index >= 15 is 0 Å². The summed E-state index contributed by atoms with van der Waals surface area (Å²) in [6.45, 7) is 12.4. The minimum Gasteiger partial charge on any atom is -0.346 e. The molecule has 2 heterocycles. The van der Waals surface area contributed by atoms with Crippen molar-refractivity contribution in [3.05, 3.63) is 0 Å². The lowest BCUT2D eigenvalue weighted by molar-refractivity contribution is -0.254. The van der Waals surface area contributed by atoms with Crippen molar-refractivity contribution in [3.63, 3.8) is 0 Å². The summed E-state index contributed by atoms with van der Waals surface area (Å²) in [7, 11) is 0. The van der Waals surface area contributed by atoms with Crippen molar-refractivity contribution in [2.24, 2.45) is 46.3 Å². The smallest absolute Gasteiger partial charge is 0.172 e. The number of rotatable bonds is 0. The fourth-order valence-corrected chi connectivity index (χ4v) is 10.4. The van der Waals surface area contributed by atoms with E-state index in [9.17, 15) is 0 Å². The van der Waals surface area contributed by atoms with Crippen LogP contribution in [0.3, 0.4) is 0 Å². The van der Waals surface area contributed by atoms with E-state index in [0.29, 0.717) is 28.8 Å². The molecule has 164 valence electrons. The largest absolute Gasteiger partial charge is 0.346 e. The zero-order chi connectivity index (χ0) is 20.2. The summed E-state index contributed by atoms with van der Waals surface area (Å²) in [6, 6.07) is 0. The molecule has 0 N–H and O–H groups in total. The first-order valence-electron chi connectivity index (χ1n) is 13.1. The van der Waals surface area contributed by atoms with Gasteiger partial charge in [-0.2, -0.15) is 0 Å². The zero-order valence-electron chi connectivity index (χ0n) is 19.6. The summed E-state index contributed by atoms with van der Waals surface area (Å²) in [5.41, 5.74) is 1.11. The number of ether oxygens (including phenoxy) is 2. The molecule has 0 aromatic heterocycles. The predicted octanol–water partition coefficient (Wildman–Crippen LogP) is 6.97. The molecule has 4 saturated carbocycles. The first-order chi connectivity index (χ1) is 13.7. The van der Waals surface area contributed by atoms with Gasteiger partial charge in [0.25, 0.3) is 0 Å². The van der Waals surface area contributed by atoms with Gasteiger partial charge in [-0.05, 0) is 106 Å². The third-order valence-corrected chi connectivity index (χ3v) is 11.8. The maximum Gasteiger partial charge on any atom is 0.172 e. The molecule has 1 spiro atoms. The second-order valence-electron chi connectivity index (χ2n) is 13.3. The molecule has 0 radical (unpaired) electrons. The van der Waals surface area contributed by atoms with Crippen molar-refractivity contribution < 1.29 is 9.47 Å². The Balaban J connectivity index is 1.29. The van der Waals surface area contributed by atoms with Gasteiger partial charge in [-0.25, -0.2) is 0 Å². The molecule has 2 nitrogen and oxygen atoms in total. The molecule has 10 atom stereocenters. The van der Waals surface area contributed by atoms with Crippen molar-refractivity contribution in [2.45, 2.75) is 123 Å². The Bertz CT molecular complexity index is 686. The highest BCUT2D eigenvalue weighted by Crippen LogP contribution is 2.71. The van der Waals surface area contributed by atoms with Gasteiger partial charge in [0.2, 0.25) is 0 Å². The van der Waals surface area contributed by atoms with Crippen LogP contribution in [0.15, 0.2) is 0 Å². The van der Waals surface area contributed by atoms with Crippen LogP contribution in [0.25, 0.3) is 0 Å². The summed E-state index contributed by atoms with van der Waals surface area (Å²) in [4.78, 5) is 0. The van der Waals surface area contributed by atoms with Gasteiger partial charge < -0.3 is 9.47 Å².